The number of rotatable bonds is 7. The van der Waals surface area contributed by atoms with Crippen LogP contribution in [-0.2, 0) is 22.6 Å². The first-order valence-corrected chi connectivity index (χ1v) is 10.4. The van der Waals surface area contributed by atoms with Crippen molar-refractivity contribution in [1.82, 2.24) is 14.5 Å². The number of para-hydroxylation sites is 3. The Labute approximate surface area is 168 Å². The Morgan fingerprint density at radius 3 is 2.61 bits per heavy atom. The van der Waals surface area contributed by atoms with Crippen LogP contribution in [0.4, 0.5) is 5.69 Å². The predicted octanol–water partition coefficient (Wildman–Crippen LogP) is 3.42. The highest BCUT2D eigenvalue weighted by atomic mass is 32.2. The minimum atomic E-state index is -0.219. The summed E-state index contributed by atoms with van der Waals surface area (Å²) in [5.74, 6) is 0.510. The van der Waals surface area contributed by atoms with Gasteiger partial charge in [0.25, 0.3) is 0 Å². The van der Waals surface area contributed by atoms with E-state index in [-0.39, 0.29) is 24.9 Å². The summed E-state index contributed by atoms with van der Waals surface area (Å²) in [5.41, 5.74) is 2.57. The van der Waals surface area contributed by atoms with E-state index in [4.69, 9.17) is 0 Å². The molecule has 2 aromatic carbocycles. The van der Waals surface area contributed by atoms with Gasteiger partial charge >= 0.3 is 0 Å². The van der Waals surface area contributed by atoms with Crippen LogP contribution in [-0.4, -0.2) is 46.1 Å². The number of imidazole rings is 1. The summed E-state index contributed by atoms with van der Waals surface area (Å²) >= 11 is 1.56. The molecule has 146 valence electrons. The highest BCUT2D eigenvalue weighted by Gasteiger charge is 2.17. The number of aryl methyl sites for hydroxylation is 1. The highest BCUT2D eigenvalue weighted by Crippen LogP contribution is 2.24. The van der Waals surface area contributed by atoms with E-state index in [0.717, 1.165) is 33.9 Å². The number of carbonyl (C=O) groups excluding carboxylic acids is 2. The molecule has 0 fully saturated rings. The van der Waals surface area contributed by atoms with Gasteiger partial charge in [-0.2, -0.15) is 0 Å². The van der Waals surface area contributed by atoms with Gasteiger partial charge in [0.2, 0.25) is 11.8 Å². The molecule has 3 rings (SSSR count). The molecule has 0 bridgehead atoms. The van der Waals surface area contributed by atoms with Crippen molar-refractivity contribution in [1.29, 1.82) is 0 Å². The van der Waals surface area contributed by atoms with Crippen LogP contribution in [0.5, 0.6) is 0 Å². The van der Waals surface area contributed by atoms with Gasteiger partial charge in [0.1, 0.15) is 12.4 Å². The normalized spacial score (nSPS) is 10.8. The lowest BCUT2D eigenvalue weighted by Gasteiger charge is -2.18. The third-order valence-corrected chi connectivity index (χ3v) is 5.33. The lowest BCUT2D eigenvalue weighted by molar-refractivity contribution is -0.133. The van der Waals surface area contributed by atoms with E-state index in [0.29, 0.717) is 0 Å². The topological polar surface area (TPSA) is 67.2 Å². The van der Waals surface area contributed by atoms with E-state index < -0.39 is 0 Å². The number of amides is 2. The number of carbonyl (C=O) groups is 2. The Balaban J connectivity index is 1.67. The molecule has 0 aliphatic rings. The summed E-state index contributed by atoms with van der Waals surface area (Å²) in [4.78, 5) is 32.2. The molecule has 7 heteroatoms. The second kappa shape index (κ2) is 8.93. The van der Waals surface area contributed by atoms with E-state index in [2.05, 4.69) is 10.3 Å². The maximum Gasteiger partial charge on any atom is 0.244 e. The molecule has 0 spiro atoms. The average molecular weight is 397 g/mol. The molecule has 0 aliphatic carbocycles. The summed E-state index contributed by atoms with van der Waals surface area (Å²) in [6, 6.07) is 15.4. The zero-order valence-electron chi connectivity index (χ0n) is 16.3. The monoisotopic (exact) mass is 396 g/mol. The first-order chi connectivity index (χ1) is 13.5. The maximum atomic E-state index is 12.7. The lowest BCUT2D eigenvalue weighted by atomic mass is 10.3. The number of fused-ring (bicyclic) bond motifs is 1. The molecule has 0 saturated heterocycles. The van der Waals surface area contributed by atoms with Crippen LogP contribution < -0.4 is 5.32 Å². The number of anilines is 1. The molecule has 6 nitrogen and oxygen atoms in total. The van der Waals surface area contributed by atoms with E-state index in [9.17, 15) is 9.59 Å². The number of benzene rings is 2. The minimum Gasteiger partial charge on any atom is -0.335 e. The van der Waals surface area contributed by atoms with Gasteiger partial charge < -0.3 is 14.8 Å². The number of aromatic nitrogens is 2. The number of nitrogens with one attached hydrogen (secondary N) is 1. The maximum absolute atomic E-state index is 12.7. The Morgan fingerprint density at radius 2 is 1.86 bits per heavy atom. The van der Waals surface area contributed by atoms with Gasteiger partial charge in [0, 0.05) is 18.4 Å². The molecular formula is C21H24N4O2S. The van der Waals surface area contributed by atoms with Gasteiger partial charge in [-0.15, -0.1) is 11.8 Å². The average Bonchev–Trinajstić information content (AvgIpc) is 3.06. The fourth-order valence-electron chi connectivity index (χ4n) is 3.07. The number of likely N-dealkylation sites (N-methyl/N-ethyl adjacent to an activating group) is 1. The Morgan fingerprint density at radius 1 is 1.14 bits per heavy atom. The Bertz CT molecular complexity index is 999. The molecule has 1 heterocycles. The van der Waals surface area contributed by atoms with Crippen LogP contribution in [0.1, 0.15) is 12.7 Å². The summed E-state index contributed by atoms with van der Waals surface area (Å²) < 4.78 is 1.93. The molecular weight excluding hydrogens is 372 g/mol. The largest absolute Gasteiger partial charge is 0.335 e. The molecule has 0 unspecified atom stereocenters. The minimum absolute atomic E-state index is 0.00433. The fraction of sp³-hybridized carbons (Fsp3) is 0.286. The van der Waals surface area contributed by atoms with Crippen LogP contribution in [0, 0.1) is 0 Å². The van der Waals surface area contributed by atoms with Crippen LogP contribution in [0.15, 0.2) is 53.4 Å². The van der Waals surface area contributed by atoms with Crippen LogP contribution in [0.25, 0.3) is 11.0 Å². The Kier molecular flexibility index (Phi) is 6.36. The van der Waals surface area contributed by atoms with Crippen molar-refractivity contribution in [2.24, 2.45) is 0 Å². The summed E-state index contributed by atoms with van der Waals surface area (Å²) in [7, 11) is 1.65. The standard InChI is InChI=1S/C21H24N4O2S/c1-4-19-22-15-9-5-7-11-17(15)25(19)14-21(27)24(2)13-20(26)23-16-10-6-8-12-18(16)28-3/h5-12H,4,13-14H2,1-3H3,(H,23,26). The van der Waals surface area contributed by atoms with Crippen molar-refractivity contribution in [3.05, 3.63) is 54.4 Å². The molecule has 0 radical (unpaired) electrons. The molecule has 0 saturated carbocycles. The first-order valence-electron chi connectivity index (χ1n) is 9.14. The van der Waals surface area contributed by atoms with Gasteiger partial charge in [-0.1, -0.05) is 31.2 Å². The first kappa shape index (κ1) is 19.9. The van der Waals surface area contributed by atoms with Crippen molar-refractivity contribution in [3.8, 4) is 0 Å². The number of nitrogens with zero attached hydrogens (tertiary/aromatic N) is 3. The van der Waals surface area contributed by atoms with Crippen molar-refractivity contribution < 1.29 is 9.59 Å². The third kappa shape index (κ3) is 4.36. The molecule has 0 aliphatic heterocycles. The van der Waals surface area contributed by atoms with Crippen molar-refractivity contribution in [3.63, 3.8) is 0 Å². The SMILES string of the molecule is CCc1nc2ccccc2n1CC(=O)N(C)CC(=O)Nc1ccccc1SC. The number of hydrogen-bond acceptors (Lipinski definition) is 4. The lowest BCUT2D eigenvalue weighted by Crippen LogP contribution is -2.37. The number of thioether (sulfide) groups is 1. The van der Waals surface area contributed by atoms with Crippen LogP contribution in [0.3, 0.4) is 0 Å². The quantitative estimate of drug-likeness (QED) is 0.622. The van der Waals surface area contributed by atoms with Crippen molar-refractivity contribution in [2.75, 3.05) is 25.2 Å². The van der Waals surface area contributed by atoms with E-state index in [1.165, 1.54) is 4.90 Å². The van der Waals surface area contributed by atoms with Crippen LogP contribution in [0.2, 0.25) is 0 Å². The molecule has 1 N–H and O–H groups in total. The molecule has 1 aromatic heterocycles. The molecule has 3 aromatic rings. The van der Waals surface area contributed by atoms with E-state index in [1.54, 1.807) is 18.8 Å². The zero-order chi connectivity index (χ0) is 20.1. The van der Waals surface area contributed by atoms with Crippen LogP contribution >= 0.6 is 11.8 Å². The van der Waals surface area contributed by atoms with Crippen molar-refractivity contribution in [2.45, 2.75) is 24.8 Å². The summed E-state index contributed by atoms with van der Waals surface area (Å²) in [6.07, 6.45) is 2.69. The molecule has 2 amide bonds. The second-order valence-electron chi connectivity index (χ2n) is 6.45. The number of hydrogen-bond donors (Lipinski definition) is 1. The predicted molar refractivity (Wildman–Crippen MR) is 114 cm³/mol. The van der Waals surface area contributed by atoms with Gasteiger partial charge in [0.05, 0.1) is 23.3 Å². The van der Waals surface area contributed by atoms with Crippen molar-refractivity contribution >= 4 is 40.3 Å². The molecule has 0 atom stereocenters. The van der Waals surface area contributed by atoms with Gasteiger partial charge in [-0.3, -0.25) is 9.59 Å². The van der Waals surface area contributed by atoms with E-state index >= 15 is 0 Å². The van der Waals surface area contributed by atoms with E-state index in [1.807, 2.05) is 66.3 Å². The van der Waals surface area contributed by atoms with Gasteiger partial charge in [-0.05, 0) is 30.5 Å². The van der Waals surface area contributed by atoms with Gasteiger partial charge in [-0.25, -0.2) is 4.98 Å². The Hall–Kier alpha value is -2.80. The third-order valence-electron chi connectivity index (χ3n) is 4.53. The summed E-state index contributed by atoms with van der Waals surface area (Å²) in [6.45, 7) is 2.17. The fourth-order valence-corrected chi connectivity index (χ4v) is 3.62. The highest BCUT2D eigenvalue weighted by molar-refractivity contribution is 7.98. The second-order valence-corrected chi connectivity index (χ2v) is 7.30. The van der Waals surface area contributed by atoms with Gasteiger partial charge in [0.15, 0.2) is 0 Å². The summed E-state index contributed by atoms with van der Waals surface area (Å²) in [5, 5.41) is 2.89. The zero-order valence-corrected chi connectivity index (χ0v) is 17.1. The molecule has 28 heavy (non-hydrogen) atoms. The smallest absolute Gasteiger partial charge is 0.244 e.